The zero-order valence-electron chi connectivity index (χ0n) is 18.2. The van der Waals surface area contributed by atoms with Crippen LogP contribution in [0.15, 0.2) is 30.7 Å². The minimum absolute atomic E-state index is 0.211. The number of aliphatic hydroxyl groups excluding tert-OH is 1. The van der Waals surface area contributed by atoms with Gasteiger partial charge in [-0.3, -0.25) is 4.79 Å². The standard InChI is InChI=1S/C23H27N5O4/c1-14-19(27-6-8-32-9-7-27)17(10-15(20(14)30)11-23(2)12-18(23)29)26-22(31)16-13-25-28-5-3-4-24-21(16)28/h3-5,10,13,18,29-30H,6-9,11-12H2,1-2H3,(H,26,31)/t18?,23-/m0/s1. The van der Waals surface area contributed by atoms with E-state index < -0.39 is 0 Å². The molecule has 1 aliphatic heterocycles. The fraction of sp³-hybridized carbons (Fsp3) is 0.435. The molecular weight excluding hydrogens is 410 g/mol. The molecule has 1 amide bonds. The van der Waals surface area contributed by atoms with E-state index in [1.165, 1.54) is 6.20 Å². The molecule has 0 radical (unpaired) electrons. The van der Waals surface area contributed by atoms with E-state index in [1.807, 2.05) is 19.9 Å². The number of morpholine rings is 1. The molecule has 168 valence electrons. The van der Waals surface area contributed by atoms with E-state index >= 15 is 0 Å². The average molecular weight is 438 g/mol. The molecule has 0 bridgehead atoms. The number of carbonyl (C=O) groups is 1. The van der Waals surface area contributed by atoms with Crippen molar-refractivity contribution in [3.05, 3.63) is 47.4 Å². The molecule has 1 saturated carbocycles. The smallest absolute Gasteiger partial charge is 0.261 e. The molecule has 5 rings (SSSR count). The topological polar surface area (TPSA) is 112 Å². The molecule has 3 aromatic rings. The maximum Gasteiger partial charge on any atom is 0.261 e. The highest BCUT2D eigenvalue weighted by Gasteiger charge is 2.49. The largest absolute Gasteiger partial charge is 0.507 e. The SMILES string of the molecule is Cc1c(O)c(C[C@@]2(C)CC2O)cc(NC(=O)c2cnn3cccnc23)c1N1CCOCC1. The van der Waals surface area contributed by atoms with Gasteiger partial charge in [0.1, 0.15) is 11.3 Å². The van der Waals surface area contributed by atoms with Crippen molar-refractivity contribution in [3.63, 3.8) is 0 Å². The summed E-state index contributed by atoms with van der Waals surface area (Å²) in [6.45, 7) is 6.36. The third-order valence-electron chi connectivity index (χ3n) is 6.59. The van der Waals surface area contributed by atoms with E-state index in [-0.39, 0.29) is 23.2 Å². The molecule has 2 atom stereocenters. The maximum atomic E-state index is 13.2. The monoisotopic (exact) mass is 437 g/mol. The number of anilines is 2. The molecule has 1 unspecified atom stereocenters. The van der Waals surface area contributed by atoms with Crippen molar-refractivity contribution in [1.29, 1.82) is 0 Å². The highest BCUT2D eigenvalue weighted by Crippen LogP contribution is 2.50. The average Bonchev–Trinajstić information content (AvgIpc) is 3.18. The van der Waals surface area contributed by atoms with Crippen LogP contribution in [0, 0.1) is 12.3 Å². The van der Waals surface area contributed by atoms with Gasteiger partial charge in [0.15, 0.2) is 5.65 Å². The van der Waals surface area contributed by atoms with Gasteiger partial charge >= 0.3 is 0 Å². The number of ether oxygens (including phenoxy) is 1. The van der Waals surface area contributed by atoms with Crippen molar-refractivity contribution in [2.45, 2.75) is 32.8 Å². The molecule has 9 heteroatoms. The second kappa shape index (κ2) is 7.75. The van der Waals surface area contributed by atoms with E-state index in [2.05, 4.69) is 20.3 Å². The summed E-state index contributed by atoms with van der Waals surface area (Å²) < 4.78 is 7.05. The number of rotatable bonds is 5. The van der Waals surface area contributed by atoms with Crippen molar-refractivity contribution in [2.75, 3.05) is 36.5 Å². The molecule has 0 spiro atoms. The van der Waals surface area contributed by atoms with E-state index in [1.54, 1.807) is 23.0 Å². The van der Waals surface area contributed by atoms with Crippen LogP contribution in [-0.2, 0) is 11.2 Å². The predicted molar refractivity (Wildman–Crippen MR) is 119 cm³/mol. The Labute approximate surface area is 185 Å². The van der Waals surface area contributed by atoms with Crippen LogP contribution in [0.25, 0.3) is 5.65 Å². The number of aromatic hydroxyl groups is 1. The number of phenols is 1. The van der Waals surface area contributed by atoms with Gasteiger partial charge in [-0.15, -0.1) is 0 Å². The summed E-state index contributed by atoms with van der Waals surface area (Å²) in [6, 6.07) is 3.58. The number of nitrogens with one attached hydrogen (secondary N) is 1. The van der Waals surface area contributed by atoms with Crippen LogP contribution in [0.5, 0.6) is 5.75 Å². The highest BCUT2D eigenvalue weighted by molar-refractivity contribution is 6.09. The minimum Gasteiger partial charge on any atom is -0.507 e. The number of phenolic OH excluding ortho intramolecular Hbond substituents is 1. The molecule has 1 saturated heterocycles. The van der Waals surface area contributed by atoms with Crippen molar-refractivity contribution >= 4 is 22.9 Å². The number of aromatic nitrogens is 3. The lowest BCUT2D eigenvalue weighted by molar-refractivity contribution is 0.102. The first-order valence-corrected chi connectivity index (χ1v) is 10.8. The number of amides is 1. The maximum absolute atomic E-state index is 13.2. The summed E-state index contributed by atoms with van der Waals surface area (Å²) >= 11 is 0. The van der Waals surface area contributed by atoms with Crippen LogP contribution >= 0.6 is 0 Å². The summed E-state index contributed by atoms with van der Waals surface area (Å²) in [4.78, 5) is 19.6. The van der Waals surface area contributed by atoms with Gasteiger partial charge in [-0.25, -0.2) is 9.50 Å². The fourth-order valence-electron chi connectivity index (χ4n) is 4.48. The van der Waals surface area contributed by atoms with Crippen LogP contribution < -0.4 is 10.2 Å². The van der Waals surface area contributed by atoms with Crippen molar-refractivity contribution in [1.82, 2.24) is 14.6 Å². The molecule has 3 heterocycles. The lowest BCUT2D eigenvalue weighted by Gasteiger charge is -2.33. The molecular formula is C23H27N5O4. The summed E-state index contributed by atoms with van der Waals surface area (Å²) in [5.74, 6) is -0.107. The van der Waals surface area contributed by atoms with Crippen LogP contribution in [0.4, 0.5) is 11.4 Å². The Hall–Kier alpha value is -3.17. The van der Waals surface area contributed by atoms with Gasteiger partial charge in [0.05, 0.1) is 36.9 Å². The van der Waals surface area contributed by atoms with Crippen molar-refractivity contribution in [2.24, 2.45) is 5.41 Å². The van der Waals surface area contributed by atoms with Gasteiger partial charge in [-0.05, 0) is 37.5 Å². The first kappa shape index (κ1) is 20.7. The van der Waals surface area contributed by atoms with Gasteiger partial charge in [0.25, 0.3) is 5.91 Å². The Morgan fingerprint density at radius 2 is 2.12 bits per heavy atom. The predicted octanol–water partition coefficient (Wildman–Crippen LogP) is 2.15. The molecule has 2 aliphatic rings. The highest BCUT2D eigenvalue weighted by atomic mass is 16.5. The number of aliphatic hydroxyl groups is 1. The lowest BCUT2D eigenvalue weighted by Crippen LogP contribution is -2.37. The normalized spacial score (nSPS) is 22.8. The molecule has 1 aliphatic carbocycles. The van der Waals surface area contributed by atoms with Crippen molar-refractivity contribution in [3.8, 4) is 5.75 Å². The van der Waals surface area contributed by atoms with Gasteiger partial charge in [-0.2, -0.15) is 5.10 Å². The summed E-state index contributed by atoms with van der Waals surface area (Å²) in [7, 11) is 0. The second-order valence-corrected chi connectivity index (χ2v) is 8.96. The molecule has 2 aromatic heterocycles. The Balaban J connectivity index is 1.55. The first-order chi connectivity index (χ1) is 15.4. The molecule has 32 heavy (non-hydrogen) atoms. The molecule has 2 fully saturated rings. The van der Waals surface area contributed by atoms with E-state index in [4.69, 9.17) is 4.74 Å². The fourth-order valence-corrected chi connectivity index (χ4v) is 4.48. The van der Waals surface area contributed by atoms with Crippen LogP contribution in [-0.4, -0.2) is 63.1 Å². The van der Waals surface area contributed by atoms with E-state index in [0.29, 0.717) is 67.2 Å². The number of fused-ring (bicyclic) bond motifs is 1. The summed E-state index contributed by atoms with van der Waals surface area (Å²) in [5, 5.41) is 28.3. The molecule has 9 nitrogen and oxygen atoms in total. The van der Waals surface area contributed by atoms with Gasteiger partial charge < -0.3 is 25.2 Å². The van der Waals surface area contributed by atoms with Crippen LogP contribution in [0.1, 0.15) is 34.8 Å². The van der Waals surface area contributed by atoms with Crippen LogP contribution in [0.3, 0.4) is 0 Å². The Bertz CT molecular complexity index is 1190. The molecule has 3 N–H and O–H groups in total. The van der Waals surface area contributed by atoms with Gasteiger partial charge in [-0.1, -0.05) is 6.92 Å². The number of benzene rings is 1. The summed E-state index contributed by atoms with van der Waals surface area (Å²) in [6.07, 6.45) is 5.73. The van der Waals surface area contributed by atoms with E-state index in [0.717, 1.165) is 5.69 Å². The van der Waals surface area contributed by atoms with Gasteiger partial charge in [0.2, 0.25) is 0 Å². The number of hydrogen-bond donors (Lipinski definition) is 3. The Morgan fingerprint density at radius 1 is 1.38 bits per heavy atom. The van der Waals surface area contributed by atoms with Crippen molar-refractivity contribution < 1.29 is 19.7 Å². The number of hydrogen-bond acceptors (Lipinski definition) is 7. The minimum atomic E-state index is -0.371. The van der Waals surface area contributed by atoms with Crippen LogP contribution in [0.2, 0.25) is 0 Å². The number of nitrogens with zero attached hydrogens (tertiary/aromatic N) is 4. The third-order valence-corrected chi connectivity index (χ3v) is 6.59. The summed E-state index contributed by atoms with van der Waals surface area (Å²) in [5.41, 5.74) is 3.42. The second-order valence-electron chi connectivity index (χ2n) is 8.96. The quantitative estimate of drug-likeness (QED) is 0.524. The third kappa shape index (κ3) is 3.57. The molecule has 1 aromatic carbocycles. The van der Waals surface area contributed by atoms with Gasteiger partial charge in [0, 0.05) is 36.5 Å². The lowest BCUT2D eigenvalue weighted by atomic mass is 9.94. The van der Waals surface area contributed by atoms with E-state index in [9.17, 15) is 15.0 Å². The zero-order chi connectivity index (χ0) is 22.5. The first-order valence-electron chi connectivity index (χ1n) is 10.8. The number of carbonyl (C=O) groups excluding carboxylic acids is 1. The Morgan fingerprint density at radius 3 is 2.84 bits per heavy atom. The Kier molecular flexibility index (Phi) is 5.02. The zero-order valence-corrected chi connectivity index (χ0v) is 18.2.